The number of rotatable bonds is 6. The third kappa shape index (κ3) is 4.10. The van der Waals surface area contributed by atoms with Crippen LogP contribution in [-0.2, 0) is 9.53 Å². The Bertz CT molecular complexity index is 536. The summed E-state index contributed by atoms with van der Waals surface area (Å²) in [6, 6.07) is 8.31. The van der Waals surface area contributed by atoms with Gasteiger partial charge in [0.25, 0.3) is 0 Å². The van der Waals surface area contributed by atoms with Crippen molar-refractivity contribution in [1.82, 2.24) is 0 Å². The Hall–Kier alpha value is -1.77. The van der Waals surface area contributed by atoms with E-state index in [-0.39, 0.29) is 11.4 Å². The maximum absolute atomic E-state index is 11.8. The summed E-state index contributed by atoms with van der Waals surface area (Å²) in [5.41, 5.74) is 3.39. The van der Waals surface area contributed by atoms with Gasteiger partial charge in [0.15, 0.2) is 0 Å². The second-order valence-corrected chi connectivity index (χ2v) is 6.04. The minimum atomic E-state index is -0.145. The molecule has 0 saturated heterocycles. The molecule has 2 rings (SSSR count). The van der Waals surface area contributed by atoms with Crippen LogP contribution in [0.25, 0.3) is 0 Å². The third-order valence-corrected chi connectivity index (χ3v) is 4.18. The average Bonchev–Trinajstić information content (AvgIpc) is 2.84. The summed E-state index contributed by atoms with van der Waals surface area (Å²) in [7, 11) is 0. The van der Waals surface area contributed by atoms with E-state index in [0.29, 0.717) is 6.61 Å². The van der Waals surface area contributed by atoms with E-state index in [2.05, 4.69) is 37.4 Å². The molecule has 1 aliphatic rings. The molecule has 1 aromatic rings. The fourth-order valence-corrected chi connectivity index (χ4v) is 2.82. The van der Waals surface area contributed by atoms with Gasteiger partial charge in [-0.3, -0.25) is 0 Å². The van der Waals surface area contributed by atoms with Gasteiger partial charge in [0, 0.05) is 17.8 Å². The van der Waals surface area contributed by atoms with Crippen LogP contribution >= 0.6 is 0 Å². The normalized spacial score (nSPS) is 21.0. The maximum Gasteiger partial charge on any atom is 0.333 e. The van der Waals surface area contributed by atoms with E-state index < -0.39 is 0 Å². The zero-order chi connectivity index (χ0) is 15.3. The van der Waals surface area contributed by atoms with Gasteiger partial charge in [-0.2, -0.15) is 0 Å². The summed E-state index contributed by atoms with van der Waals surface area (Å²) >= 11 is 0. The first-order valence-electron chi connectivity index (χ1n) is 7.72. The van der Waals surface area contributed by atoms with Crippen LogP contribution in [0.3, 0.4) is 0 Å². The van der Waals surface area contributed by atoms with E-state index >= 15 is 0 Å². The predicted octanol–water partition coefficient (Wildman–Crippen LogP) is 4.09. The van der Waals surface area contributed by atoms with Crippen molar-refractivity contribution in [3.63, 3.8) is 0 Å². The fourth-order valence-electron chi connectivity index (χ4n) is 2.82. The highest BCUT2D eigenvalue weighted by Crippen LogP contribution is 2.39. The van der Waals surface area contributed by atoms with Crippen molar-refractivity contribution in [3.05, 3.63) is 41.5 Å². The summed E-state index contributed by atoms with van der Waals surface area (Å²) < 4.78 is 5.09. The zero-order valence-corrected chi connectivity index (χ0v) is 13.2. The number of nitrogens with one attached hydrogen (secondary N) is 1. The smallest absolute Gasteiger partial charge is 0.333 e. The van der Waals surface area contributed by atoms with E-state index in [1.165, 1.54) is 11.3 Å². The number of esters is 1. The number of carbonyl (C=O) groups is 1. The maximum atomic E-state index is 11.8. The minimum absolute atomic E-state index is 0.0950. The number of anilines is 1. The van der Waals surface area contributed by atoms with Crippen LogP contribution in [0, 0.1) is 12.3 Å². The Balaban J connectivity index is 1.88. The molecule has 0 saturated carbocycles. The molecule has 3 heteroatoms. The van der Waals surface area contributed by atoms with Gasteiger partial charge in [-0.05, 0) is 50.2 Å². The predicted molar refractivity (Wildman–Crippen MR) is 86.3 cm³/mol. The van der Waals surface area contributed by atoms with Gasteiger partial charge in [0.2, 0.25) is 0 Å². The lowest BCUT2D eigenvalue weighted by Gasteiger charge is -2.22. The molecular weight excluding hydrogens is 262 g/mol. The first kappa shape index (κ1) is 15.6. The van der Waals surface area contributed by atoms with Crippen LogP contribution in [0.5, 0.6) is 0 Å². The second kappa shape index (κ2) is 6.79. The number of hydrogen-bond donors (Lipinski definition) is 1. The highest BCUT2D eigenvalue weighted by molar-refractivity contribution is 5.89. The molecule has 1 N–H and O–H groups in total. The number of hydrogen-bond acceptors (Lipinski definition) is 3. The molecule has 3 nitrogen and oxygen atoms in total. The highest BCUT2D eigenvalue weighted by atomic mass is 16.5. The van der Waals surface area contributed by atoms with Crippen molar-refractivity contribution in [2.24, 2.45) is 5.41 Å². The van der Waals surface area contributed by atoms with Gasteiger partial charge in [0.05, 0.1) is 6.61 Å². The molecule has 114 valence electrons. The molecule has 1 atom stereocenters. The molecule has 1 aliphatic carbocycles. The number of benzene rings is 1. The largest absolute Gasteiger partial charge is 0.463 e. The van der Waals surface area contributed by atoms with E-state index in [9.17, 15) is 4.79 Å². The van der Waals surface area contributed by atoms with Gasteiger partial charge in [-0.1, -0.05) is 31.2 Å². The Labute approximate surface area is 127 Å². The van der Waals surface area contributed by atoms with Crippen molar-refractivity contribution in [3.8, 4) is 0 Å². The molecule has 21 heavy (non-hydrogen) atoms. The van der Waals surface area contributed by atoms with Gasteiger partial charge in [0.1, 0.15) is 0 Å². The van der Waals surface area contributed by atoms with Crippen LogP contribution in [0.4, 0.5) is 5.69 Å². The average molecular weight is 287 g/mol. The molecule has 0 amide bonds. The molecule has 0 heterocycles. The van der Waals surface area contributed by atoms with Crippen LogP contribution in [0.15, 0.2) is 35.9 Å². The number of para-hydroxylation sites is 1. The first-order chi connectivity index (χ1) is 10.0. The summed E-state index contributed by atoms with van der Waals surface area (Å²) in [4.78, 5) is 11.8. The Morgan fingerprint density at radius 1 is 1.38 bits per heavy atom. The number of ether oxygens (including phenoxy) is 1. The van der Waals surface area contributed by atoms with E-state index in [0.717, 1.165) is 31.4 Å². The topological polar surface area (TPSA) is 38.3 Å². The van der Waals surface area contributed by atoms with E-state index in [1.807, 2.05) is 19.1 Å². The monoisotopic (exact) mass is 287 g/mol. The lowest BCUT2D eigenvalue weighted by molar-refractivity contribution is -0.138. The molecule has 0 aromatic heterocycles. The molecule has 0 radical (unpaired) electrons. The highest BCUT2D eigenvalue weighted by Gasteiger charge is 2.30. The van der Waals surface area contributed by atoms with Crippen LogP contribution in [-0.4, -0.2) is 19.1 Å². The molecular formula is C18H25NO2. The van der Waals surface area contributed by atoms with Crippen molar-refractivity contribution in [2.75, 3.05) is 18.5 Å². The van der Waals surface area contributed by atoms with Crippen molar-refractivity contribution < 1.29 is 9.53 Å². The fraction of sp³-hybridized carbons (Fsp3) is 0.500. The molecule has 0 bridgehead atoms. The van der Waals surface area contributed by atoms with Crippen LogP contribution in [0.1, 0.15) is 38.7 Å². The molecule has 0 aliphatic heterocycles. The van der Waals surface area contributed by atoms with Gasteiger partial charge in [-0.25, -0.2) is 4.79 Å². The molecule has 1 aromatic carbocycles. The quantitative estimate of drug-likeness (QED) is 0.801. The number of aryl methyl sites for hydroxylation is 1. The SMILES string of the molecule is CCOC(=O)C1=C[C@](C)(CCNc2ccccc2C)CC1. The summed E-state index contributed by atoms with van der Waals surface area (Å²) in [5.74, 6) is -0.145. The van der Waals surface area contributed by atoms with Crippen molar-refractivity contribution in [2.45, 2.75) is 40.0 Å². The van der Waals surface area contributed by atoms with E-state index in [4.69, 9.17) is 4.74 Å². The molecule has 0 unspecified atom stereocenters. The number of carbonyl (C=O) groups excluding carboxylic acids is 1. The summed E-state index contributed by atoms with van der Waals surface area (Å²) in [6.07, 6.45) is 4.99. The first-order valence-corrected chi connectivity index (χ1v) is 7.72. The minimum Gasteiger partial charge on any atom is -0.463 e. The third-order valence-electron chi connectivity index (χ3n) is 4.18. The lowest BCUT2D eigenvalue weighted by atomic mass is 9.86. The Kier molecular flexibility index (Phi) is 5.05. The Morgan fingerprint density at radius 2 is 2.14 bits per heavy atom. The summed E-state index contributed by atoms with van der Waals surface area (Å²) in [6.45, 7) is 7.53. The van der Waals surface area contributed by atoms with Crippen molar-refractivity contribution in [1.29, 1.82) is 0 Å². The second-order valence-electron chi connectivity index (χ2n) is 6.04. The van der Waals surface area contributed by atoms with Crippen LogP contribution in [0.2, 0.25) is 0 Å². The summed E-state index contributed by atoms with van der Waals surface area (Å²) in [5, 5.41) is 3.49. The molecule has 0 spiro atoms. The lowest BCUT2D eigenvalue weighted by Crippen LogP contribution is -2.16. The van der Waals surface area contributed by atoms with Crippen LogP contribution < -0.4 is 5.32 Å². The van der Waals surface area contributed by atoms with Crippen molar-refractivity contribution >= 4 is 11.7 Å². The standard InChI is InChI=1S/C18H25NO2/c1-4-21-17(20)15-9-10-18(3,13-15)11-12-19-16-8-6-5-7-14(16)2/h5-8,13,19H,4,9-12H2,1-3H3/t18-/m0/s1. The van der Waals surface area contributed by atoms with E-state index in [1.54, 1.807) is 0 Å². The van der Waals surface area contributed by atoms with Gasteiger partial charge < -0.3 is 10.1 Å². The van der Waals surface area contributed by atoms with Gasteiger partial charge in [-0.15, -0.1) is 0 Å². The number of allylic oxidation sites excluding steroid dienone is 1. The Morgan fingerprint density at radius 3 is 2.86 bits per heavy atom. The van der Waals surface area contributed by atoms with Gasteiger partial charge >= 0.3 is 5.97 Å². The molecule has 0 fully saturated rings. The zero-order valence-electron chi connectivity index (χ0n) is 13.2.